The van der Waals surface area contributed by atoms with Crippen LogP contribution in [0.2, 0.25) is 0 Å². The van der Waals surface area contributed by atoms with Crippen LogP contribution < -0.4 is 26.2 Å². The molecule has 0 radical (unpaired) electrons. The molecule has 8 aromatic rings. The first-order chi connectivity index (χ1) is 34.2. The number of hydrogen-bond acceptors (Lipinski definition) is 2. The Bertz CT molecular complexity index is 3510. The van der Waals surface area contributed by atoms with Crippen molar-refractivity contribution in [1.82, 2.24) is 0 Å². The van der Waals surface area contributed by atoms with E-state index < -0.39 is 0 Å². The van der Waals surface area contributed by atoms with Crippen molar-refractivity contribution < 1.29 is 0 Å². The fraction of sp³-hybridized carbons (Fsp3) is 0.275. The van der Waals surface area contributed by atoms with Crippen molar-refractivity contribution >= 4 is 68.9 Å². The Morgan fingerprint density at radius 2 is 1.03 bits per heavy atom. The van der Waals surface area contributed by atoms with E-state index in [1.807, 2.05) is 0 Å². The molecular formula is C69H69BN2. The minimum Gasteiger partial charge on any atom is -0.311 e. The molecule has 2 aliphatic carbocycles. The molecule has 12 rings (SSSR count). The van der Waals surface area contributed by atoms with E-state index in [2.05, 4.69) is 269 Å². The summed E-state index contributed by atoms with van der Waals surface area (Å²) in [4.78, 5) is 5.20. The Morgan fingerprint density at radius 3 is 1.67 bits per heavy atom. The van der Waals surface area contributed by atoms with Crippen molar-refractivity contribution in [1.29, 1.82) is 0 Å². The zero-order valence-corrected chi connectivity index (χ0v) is 44.6. The van der Waals surface area contributed by atoms with Gasteiger partial charge in [0.1, 0.15) is 0 Å². The van der Waals surface area contributed by atoms with Gasteiger partial charge in [-0.3, -0.25) is 0 Å². The molecule has 0 bridgehead atoms. The van der Waals surface area contributed by atoms with Crippen LogP contribution in [0.25, 0.3) is 33.9 Å². The first-order valence-corrected chi connectivity index (χ1v) is 26.5. The van der Waals surface area contributed by atoms with Crippen LogP contribution in [0.1, 0.15) is 128 Å². The van der Waals surface area contributed by atoms with Gasteiger partial charge >= 0.3 is 0 Å². The van der Waals surface area contributed by atoms with Crippen molar-refractivity contribution in [3.63, 3.8) is 0 Å². The fourth-order valence-electron chi connectivity index (χ4n) is 12.9. The molecule has 0 saturated heterocycles. The Labute approximate surface area is 430 Å². The van der Waals surface area contributed by atoms with Crippen LogP contribution >= 0.6 is 0 Å². The summed E-state index contributed by atoms with van der Waals surface area (Å²) in [7, 11) is 0. The van der Waals surface area contributed by atoms with Crippen LogP contribution in [0.4, 0.5) is 34.1 Å². The van der Waals surface area contributed by atoms with Crippen LogP contribution in [0.15, 0.2) is 170 Å². The van der Waals surface area contributed by atoms with Gasteiger partial charge in [-0.2, -0.15) is 0 Å². The first-order valence-electron chi connectivity index (χ1n) is 26.5. The van der Waals surface area contributed by atoms with Gasteiger partial charge in [0.2, 0.25) is 0 Å². The summed E-state index contributed by atoms with van der Waals surface area (Å²) in [6.45, 7) is 28.3. The van der Waals surface area contributed by atoms with Crippen LogP contribution in [-0.2, 0) is 21.7 Å². The SMILES string of the molecule is Cc1cc2c3c(c1)N(c1ccc(C(C)(C)C)cc1-c1ccccc1)c1ccc(-c4ccccc4)cc1B3c1ccc(/C=C3\c4ccc(C(C)(C)C)cc4C4(C)CCC34C)cc1N2c1ccc(C(C)(C)C)cc1. The molecule has 3 heteroatoms. The lowest BCUT2D eigenvalue weighted by Crippen LogP contribution is -2.61. The second-order valence-electron chi connectivity index (χ2n) is 25.2. The van der Waals surface area contributed by atoms with Crippen molar-refractivity contribution in [3.8, 4) is 22.3 Å². The van der Waals surface area contributed by atoms with Gasteiger partial charge in [0.05, 0.1) is 5.69 Å². The average Bonchev–Trinajstić information content (AvgIpc) is 3.47. The zero-order valence-electron chi connectivity index (χ0n) is 44.6. The Hall–Kier alpha value is -6.84. The molecule has 2 nitrogen and oxygen atoms in total. The lowest BCUT2D eigenvalue weighted by molar-refractivity contribution is 0.0988. The van der Waals surface area contributed by atoms with Crippen LogP contribution in [0.5, 0.6) is 0 Å². The third kappa shape index (κ3) is 7.12. The predicted octanol–water partition coefficient (Wildman–Crippen LogP) is 16.9. The highest BCUT2D eigenvalue weighted by Gasteiger charge is 2.61. The van der Waals surface area contributed by atoms with E-state index in [-0.39, 0.29) is 33.8 Å². The molecule has 0 aromatic heterocycles. The molecule has 1 saturated carbocycles. The Morgan fingerprint density at radius 1 is 0.444 bits per heavy atom. The number of benzene rings is 8. The molecule has 1 fully saturated rings. The van der Waals surface area contributed by atoms with E-state index in [0.717, 1.165) is 0 Å². The van der Waals surface area contributed by atoms with Crippen molar-refractivity contribution in [3.05, 3.63) is 209 Å². The molecule has 0 spiro atoms. The lowest BCUT2D eigenvalue weighted by atomic mass is 9.33. The molecule has 2 atom stereocenters. The topological polar surface area (TPSA) is 6.48 Å². The number of nitrogens with zero attached hydrogens (tertiary/aromatic N) is 2. The van der Waals surface area contributed by atoms with Gasteiger partial charge in [0.15, 0.2) is 0 Å². The zero-order chi connectivity index (χ0) is 50.3. The molecule has 0 amide bonds. The molecule has 358 valence electrons. The summed E-state index contributed by atoms with van der Waals surface area (Å²) < 4.78 is 0. The standard InChI is InChI=1S/C69H69BN2/c1-44-37-62-64-63(38-44)72(59-34-28-50(66(5,6)7)42-54(59)47-21-17-14-18-22-47)60-33-24-48(46-19-15-13-16-20-46)41-58(60)70(64)57-32-23-45(40-61(57)71(62)52-29-25-49(26-30-52)65(2,3)4)39-55-53-31-27-51(67(8,9)10)43-56(53)69(12)36-35-68(55,69)11/h13-34,37-43H,35-36H2,1-12H3/b55-39+. The second-order valence-corrected chi connectivity index (χ2v) is 25.2. The molecule has 4 aliphatic rings. The Kier molecular flexibility index (Phi) is 10.3. The van der Waals surface area contributed by atoms with Crippen LogP contribution in [0.3, 0.4) is 0 Å². The highest BCUT2D eigenvalue weighted by atomic mass is 15.2. The molecule has 8 aromatic carbocycles. The molecule has 0 N–H and O–H groups in total. The highest BCUT2D eigenvalue weighted by Crippen LogP contribution is 2.70. The number of anilines is 6. The van der Waals surface area contributed by atoms with E-state index in [9.17, 15) is 0 Å². The van der Waals surface area contributed by atoms with E-state index in [4.69, 9.17) is 0 Å². The van der Waals surface area contributed by atoms with Crippen molar-refractivity contribution in [2.75, 3.05) is 9.80 Å². The van der Waals surface area contributed by atoms with Crippen molar-refractivity contribution in [2.45, 2.75) is 118 Å². The predicted molar refractivity (Wildman–Crippen MR) is 311 cm³/mol. The number of fused-ring (bicyclic) bond motifs is 7. The molecule has 2 unspecified atom stereocenters. The van der Waals surface area contributed by atoms with E-state index in [0.29, 0.717) is 0 Å². The number of hydrogen-bond donors (Lipinski definition) is 0. The third-order valence-corrected chi connectivity index (χ3v) is 17.5. The molecular weight excluding hydrogens is 868 g/mol. The summed E-state index contributed by atoms with van der Waals surface area (Å²) in [6, 6.07) is 65.6. The number of aryl methyl sites for hydroxylation is 1. The van der Waals surface area contributed by atoms with E-state index in [1.54, 1.807) is 0 Å². The normalized spacial score (nSPS) is 19.3. The minimum atomic E-state index is -0.0201. The van der Waals surface area contributed by atoms with Gasteiger partial charge in [-0.05, 0) is 162 Å². The van der Waals surface area contributed by atoms with Gasteiger partial charge in [-0.15, -0.1) is 0 Å². The summed E-state index contributed by atoms with van der Waals surface area (Å²) in [6.07, 6.45) is 4.99. The van der Waals surface area contributed by atoms with Gasteiger partial charge in [0.25, 0.3) is 6.71 Å². The fourth-order valence-corrected chi connectivity index (χ4v) is 12.9. The van der Waals surface area contributed by atoms with Crippen molar-refractivity contribution in [2.24, 2.45) is 5.41 Å². The smallest absolute Gasteiger partial charge is 0.252 e. The maximum atomic E-state index is 2.60. The van der Waals surface area contributed by atoms with Crippen LogP contribution in [0, 0.1) is 12.3 Å². The maximum Gasteiger partial charge on any atom is 0.252 e. The highest BCUT2D eigenvalue weighted by molar-refractivity contribution is 7.00. The quantitative estimate of drug-likeness (QED) is 0.159. The molecule has 72 heavy (non-hydrogen) atoms. The Balaban J connectivity index is 1.13. The lowest BCUT2D eigenvalue weighted by Gasteiger charge is -2.53. The molecule has 2 heterocycles. The minimum absolute atomic E-state index is 0.0168. The summed E-state index contributed by atoms with van der Waals surface area (Å²) >= 11 is 0. The monoisotopic (exact) mass is 937 g/mol. The average molecular weight is 937 g/mol. The summed E-state index contributed by atoms with van der Waals surface area (Å²) in [5.74, 6) is 0. The van der Waals surface area contributed by atoms with Crippen LogP contribution in [-0.4, -0.2) is 6.71 Å². The third-order valence-electron chi connectivity index (χ3n) is 17.5. The largest absolute Gasteiger partial charge is 0.311 e. The summed E-state index contributed by atoms with van der Waals surface area (Å²) in [5, 5.41) is 0. The van der Waals surface area contributed by atoms with Gasteiger partial charge in [-0.25, -0.2) is 0 Å². The molecule has 2 aliphatic heterocycles. The first kappa shape index (κ1) is 46.2. The number of allylic oxidation sites excluding steroid dienone is 1. The number of rotatable bonds is 5. The summed E-state index contributed by atoms with van der Waals surface area (Å²) in [5.41, 5.74) is 27.5. The van der Waals surface area contributed by atoms with Gasteiger partial charge < -0.3 is 9.80 Å². The van der Waals surface area contributed by atoms with E-state index >= 15 is 0 Å². The van der Waals surface area contributed by atoms with Gasteiger partial charge in [0, 0.05) is 44.8 Å². The second kappa shape index (κ2) is 16.1. The van der Waals surface area contributed by atoms with Gasteiger partial charge in [-0.1, -0.05) is 204 Å². The maximum absolute atomic E-state index is 2.60. The van der Waals surface area contributed by atoms with E-state index in [1.165, 1.54) is 130 Å².